The van der Waals surface area contributed by atoms with Gasteiger partial charge < -0.3 is 16.6 Å². The molecule has 1 aromatic rings. The van der Waals surface area contributed by atoms with Crippen molar-refractivity contribution in [2.24, 2.45) is 11.5 Å². The summed E-state index contributed by atoms with van der Waals surface area (Å²) >= 11 is 2.70. The fraction of sp³-hybridized carbons (Fsp3) is 0.250. The number of halogens is 3. The van der Waals surface area contributed by atoms with Gasteiger partial charge in [0, 0.05) is 24.2 Å². The van der Waals surface area contributed by atoms with E-state index in [-0.39, 0.29) is 16.6 Å². The van der Waals surface area contributed by atoms with Crippen LogP contribution in [-0.4, -0.2) is 11.7 Å². The average Bonchev–Trinajstić information content (AvgIpc) is 2.14. The van der Waals surface area contributed by atoms with E-state index >= 15 is 0 Å². The summed E-state index contributed by atoms with van der Waals surface area (Å²) in [7, 11) is 0. The van der Waals surface area contributed by atoms with Crippen molar-refractivity contribution < 1.29 is 13.9 Å². The van der Waals surface area contributed by atoms with E-state index in [4.69, 9.17) is 11.5 Å². The molecule has 1 aromatic carbocycles. The standard InChI is InChI=1S/C8H9BrF2N2O/c9-7-3(10)1-5(14)6(8(7)11)4(13)2-12/h1,4,14H,2,12-13H2. The minimum absolute atomic E-state index is 0.0391. The Kier molecular flexibility index (Phi) is 3.41. The van der Waals surface area contributed by atoms with Crippen molar-refractivity contribution in [2.75, 3.05) is 6.54 Å². The Balaban J connectivity index is 3.36. The second-order valence-electron chi connectivity index (χ2n) is 2.76. The van der Waals surface area contributed by atoms with Crippen LogP contribution in [0.5, 0.6) is 5.75 Å². The second-order valence-corrected chi connectivity index (χ2v) is 3.55. The normalized spacial score (nSPS) is 12.9. The lowest BCUT2D eigenvalue weighted by Crippen LogP contribution is -2.22. The predicted molar refractivity (Wildman–Crippen MR) is 51.7 cm³/mol. The van der Waals surface area contributed by atoms with Crippen molar-refractivity contribution in [3.8, 4) is 5.75 Å². The summed E-state index contributed by atoms with van der Waals surface area (Å²) in [4.78, 5) is 0. The van der Waals surface area contributed by atoms with Crippen molar-refractivity contribution in [1.29, 1.82) is 0 Å². The molecule has 3 nitrogen and oxygen atoms in total. The third kappa shape index (κ3) is 1.87. The van der Waals surface area contributed by atoms with Crippen molar-refractivity contribution in [2.45, 2.75) is 6.04 Å². The summed E-state index contributed by atoms with van der Waals surface area (Å²) < 4.78 is 25.9. The minimum atomic E-state index is -0.916. The van der Waals surface area contributed by atoms with Crippen LogP contribution < -0.4 is 11.5 Å². The molecular formula is C8H9BrF2N2O. The highest BCUT2D eigenvalue weighted by Crippen LogP contribution is 2.32. The molecule has 1 unspecified atom stereocenters. The van der Waals surface area contributed by atoms with Crippen LogP contribution in [0.2, 0.25) is 0 Å². The Bertz CT molecular complexity index is 360. The van der Waals surface area contributed by atoms with Gasteiger partial charge in [0.1, 0.15) is 17.4 Å². The molecular weight excluding hydrogens is 258 g/mol. The lowest BCUT2D eigenvalue weighted by molar-refractivity contribution is 0.439. The highest BCUT2D eigenvalue weighted by molar-refractivity contribution is 9.10. The first-order valence-corrected chi connectivity index (χ1v) is 4.60. The van der Waals surface area contributed by atoms with E-state index in [1.807, 2.05) is 0 Å². The average molecular weight is 267 g/mol. The largest absolute Gasteiger partial charge is 0.507 e. The molecule has 0 aliphatic heterocycles. The lowest BCUT2D eigenvalue weighted by atomic mass is 10.1. The summed E-state index contributed by atoms with van der Waals surface area (Å²) in [5.74, 6) is -2.32. The first-order chi connectivity index (χ1) is 6.49. The van der Waals surface area contributed by atoms with Crippen LogP contribution in [0.15, 0.2) is 10.5 Å². The van der Waals surface area contributed by atoms with Gasteiger partial charge in [0.2, 0.25) is 0 Å². The zero-order valence-corrected chi connectivity index (χ0v) is 8.68. The molecule has 1 rings (SSSR count). The minimum Gasteiger partial charge on any atom is -0.507 e. The summed E-state index contributed by atoms with van der Waals surface area (Å²) in [6.45, 7) is -0.0391. The van der Waals surface area contributed by atoms with Crippen LogP contribution in [-0.2, 0) is 0 Å². The van der Waals surface area contributed by atoms with Gasteiger partial charge in [-0.2, -0.15) is 0 Å². The summed E-state index contributed by atoms with van der Waals surface area (Å²) in [6, 6.07) is -0.0650. The predicted octanol–water partition coefficient (Wildman–Crippen LogP) is 1.39. The van der Waals surface area contributed by atoms with Gasteiger partial charge in [-0.25, -0.2) is 8.78 Å². The third-order valence-corrected chi connectivity index (χ3v) is 2.53. The maximum Gasteiger partial charge on any atom is 0.148 e. The van der Waals surface area contributed by atoms with Crippen molar-refractivity contribution >= 4 is 15.9 Å². The molecule has 14 heavy (non-hydrogen) atoms. The van der Waals surface area contributed by atoms with E-state index in [9.17, 15) is 13.9 Å². The van der Waals surface area contributed by atoms with Crippen LogP contribution in [0.25, 0.3) is 0 Å². The van der Waals surface area contributed by atoms with E-state index in [0.29, 0.717) is 0 Å². The molecule has 0 aliphatic rings. The van der Waals surface area contributed by atoms with Gasteiger partial charge in [-0.3, -0.25) is 0 Å². The molecule has 0 heterocycles. The van der Waals surface area contributed by atoms with Gasteiger partial charge in [0.25, 0.3) is 0 Å². The number of hydrogen-bond donors (Lipinski definition) is 3. The van der Waals surface area contributed by atoms with Crippen LogP contribution in [0.4, 0.5) is 8.78 Å². The molecule has 0 bridgehead atoms. The van der Waals surface area contributed by atoms with Crippen LogP contribution in [0.1, 0.15) is 11.6 Å². The SMILES string of the molecule is NCC(N)c1c(O)cc(F)c(Br)c1F. The third-order valence-electron chi connectivity index (χ3n) is 1.80. The summed E-state index contributed by atoms with van der Waals surface area (Å²) in [6.07, 6.45) is 0. The number of rotatable bonds is 2. The molecule has 0 aromatic heterocycles. The van der Waals surface area contributed by atoms with Crippen molar-refractivity contribution in [3.63, 3.8) is 0 Å². The molecule has 78 valence electrons. The van der Waals surface area contributed by atoms with E-state index in [2.05, 4.69) is 15.9 Å². The molecule has 0 aliphatic carbocycles. The molecule has 5 N–H and O–H groups in total. The number of phenols is 1. The molecule has 6 heteroatoms. The highest BCUT2D eigenvalue weighted by Gasteiger charge is 2.20. The molecule has 0 saturated heterocycles. The Hall–Kier alpha value is -0.720. The van der Waals surface area contributed by atoms with Gasteiger partial charge >= 0.3 is 0 Å². The van der Waals surface area contributed by atoms with E-state index in [1.54, 1.807) is 0 Å². The van der Waals surface area contributed by atoms with Crippen LogP contribution >= 0.6 is 15.9 Å². The van der Waals surface area contributed by atoms with Crippen LogP contribution in [0, 0.1) is 11.6 Å². The number of benzene rings is 1. The summed E-state index contributed by atoms with van der Waals surface area (Å²) in [5, 5.41) is 9.26. The van der Waals surface area contributed by atoms with Gasteiger partial charge in [0.05, 0.1) is 4.47 Å². The van der Waals surface area contributed by atoms with Gasteiger partial charge in [-0.1, -0.05) is 0 Å². The highest BCUT2D eigenvalue weighted by atomic mass is 79.9. The van der Waals surface area contributed by atoms with E-state index < -0.39 is 23.4 Å². The second kappa shape index (κ2) is 4.20. The Morgan fingerprint density at radius 1 is 1.50 bits per heavy atom. The number of hydrogen-bond acceptors (Lipinski definition) is 3. The van der Waals surface area contributed by atoms with E-state index in [1.165, 1.54) is 0 Å². The zero-order chi connectivity index (χ0) is 10.9. The van der Waals surface area contributed by atoms with Crippen molar-refractivity contribution in [1.82, 2.24) is 0 Å². The molecule has 0 saturated carbocycles. The summed E-state index contributed by atoms with van der Waals surface area (Å²) in [5.41, 5.74) is 10.5. The molecule has 0 spiro atoms. The Labute approximate surface area is 87.8 Å². The maximum absolute atomic E-state index is 13.4. The zero-order valence-electron chi connectivity index (χ0n) is 7.10. The van der Waals surface area contributed by atoms with E-state index in [0.717, 1.165) is 6.07 Å². The molecule has 0 radical (unpaired) electrons. The number of phenolic OH excluding ortho intramolecular Hbond substituents is 1. The smallest absolute Gasteiger partial charge is 0.148 e. The Morgan fingerprint density at radius 2 is 2.07 bits per heavy atom. The topological polar surface area (TPSA) is 72.3 Å². The maximum atomic E-state index is 13.4. The molecule has 1 atom stereocenters. The van der Waals surface area contributed by atoms with Gasteiger partial charge in [0.15, 0.2) is 0 Å². The monoisotopic (exact) mass is 266 g/mol. The molecule has 0 amide bonds. The fourth-order valence-electron chi connectivity index (χ4n) is 1.07. The van der Waals surface area contributed by atoms with Gasteiger partial charge in [-0.15, -0.1) is 0 Å². The Morgan fingerprint density at radius 3 is 2.57 bits per heavy atom. The lowest BCUT2D eigenvalue weighted by Gasteiger charge is -2.13. The first kappa shape index (κ1) is 11.4. The quantitative estimate of drug-likeness (QED) is 0.709. The van der Waals surface area contributed by atoms with Crippen molar-refractivity contribution in [3.05, 3.63) is 27.7 Å². The molecule has 0 fully saturated rings. The van der Waals surface area contributed by atoms with Crippen LogP contribution in [0.3, 0.4) is 0 Å². The fourth-order valence-corrected chi connectivity index (χ4v) is 1.40. The van der Waals surface area contributed by atoms with Gasteiger partial charge in [-0.05, 0) is 15.9 Å². The number of nitrogens with two attached hydrogens (primary N) is 2. The number of aromatic hydroxyl groups is 1. The first-order valence-electron chi connectivity index (χ1n) is 3.81.